The van der Waals surface area contributed by atoms with Gasteiger partial charge in [0.2, 0.25) is 11.7 Å². The highest BCUT2D eigenvalue weighted by Crippen LogP contribution is 2.25. The summed E-state index contributed by atoms with van der Waals surface area (Å²) in [6, 6.07) is 11.3. The summed E-state index contributed by atoms with van der Waals surface area (Å²) in [7, 11) is 0. The third kappa shape index (κ3) is 4.68. The summed E-state index contributed by atoms with van der Waals surface area (Å²) in [5.74, 6) is -2.10. The molecule has 0 bridgehead atoms. The van der Waals surface area contributed by atoms with Crippen molar-refractivity contribution in [1.29, 1.82) is 0 Å². The number of hydrogen-bond acceptors (Lipinski definition) is 5. The van der Waals surface area contributed by atoms with E-state index in [2.05, 4.69) is 15.5 Å². The molecule has 0 aliphatic carbocycles. The molecule has 2 aromatic heterocycles. The number of halogens is 3. The lowest BCUT2D eigenvalue weighted by atomic mass is 10.1. The molecule has 0 saturated heterocycles. The van der Waals surface area contributed by atoms with E-state index in [9.17, 15) is 18.4 Å². The molecule has 0 aliphatic heterocycles. The van der Waals surface area contributed by atoms with E-state index in [4.69, 9.17) is 16.1 Å². The van der Waals surface area contributed by atoms with Crippen LogP contribution in [0.4, 0.5) is 14.5 Å². The fourth-order valence-electron chi connectivity index (χ4n) is 3.38. The molecular formula is C23H17ClF2N4O3. The summed E-state index contributed by atoms with van der Waals surface area (Å²) in [6.07, 6.45) is 0. The molecule has 0 radical (unpaired) electrons. The fourth-order valence-corrected chi connectivity index (χ4v) is 3.57. The van der Waals surface area contributed by atoms with E-state index in [1.165, 1.54) is 4.57 Å². The second-order valence-corrected chi connectivity index (χ2v) is 7.78. The molecule has 0 atom stereocenters. The molecule has 0 spiro atoms. The average Bonchev–Trinajstić information content (AvgIpc) is 3.23. The van der Waals surface area contributed by atoms with Crippen molar-refractivity contribution >= 4 is 23.2 Å². The number of aromatic nitrogens is 3. The number of hydrogen-bond donors (Lipinski definition) is 1. The number of nitrogens with one attached hydrogen (secondary N) is 1. The van der Waals surface area contributed by atoms with Gasteiger partial charge in [0.15, 0.2) is 0 Å². The van der Waals surface area contributed by atoms with Gasteiger partial charge in [-0.2, -0.15) is 4.98 Å². The SMILES string of the molecule is Cc1cc(C)n(CC(=O)Nc2ccc(F)cc2F)c(=O)c1-c1nc(-c2cccc(Cl)c2)no1. The lowest BCUT2D eigenvalue weighted by Gasteiger charge is -2.13. The number of aryl methyl sites for hydroxylation is 2. The van der Waals surface area contributed by atoms with Gasteiger partial charge in [-0.25, -0.2) is 8.78 Å². The van der Waals surface area contributed by atoms with Crippen LogP contribution in [0.15, 0.2) is 57.8 Å². The minimum atomic E-state index is -0.920. The maximum atomic E-state index is 13.9. The minimum Gasteiger partial charge on any atom is -0.333 e. The Morgan fingerprint density at radius 3 is 2.67 bits per heavy atom. The molecule has 0 unspecified atom stereocenters. The molecule has 2 heterocycles. The van der Waals surface area contributed by atoms with Crippen LogP contribution in [0.5, 0.6) is 0 Å². The van der Waals surface area contributed by atoms with Crippen molar-refractivity contribution < 1.29 is 18.1 Å². The van der Waals surface area contributed by atoms with Gasteiger partial charge in [-0.05, 0) is 49.7 Å². The van der Waals surface area contributed by atoms with Crippen molar-refractivity contribution in [2.45, 2.75) is 20.4 Å². The molecule has 1 amide bonds. The fraction of sp³-hybridized carbons (Fsp3) is 0.130. The van der Waals surface area contributed by atoms with E-state index in [0.717, 1.165) is 12.1 Å². The summed E-state index contributed by atoms with van der Waals surface area (Å²) >= 11 is 6.01. The molecule has 0 aliphatic rings. The van der Waals surface area contributed by atoms with Crippen LogP contribution < -0.4 is 10.9 Å². The van der Waals surface area contributed by atoms with Gasteiger partial charge in [-0.3, -0.25) is 9.59 Å². The Hall–Kier alpha value is -3.85. The Morgan fingerprint density at radius 1 is 1.15 bits per heavy atom. The van der Waals surface area contributed by atoms with Crippen molar-refractivity contribution in [2.75, 3.05) is 5.32 Å². The van der Waals surface area contributed by atoms with Gasteiger partial charge in [-0.15, -0.1) is 0 Å². The van der Waals surface area contributed by atoms with Crippen molar-refractivity contribution in [2.24, 2.45) is 0 Å². The second kappa shape index (κ2) is 8.95. The Labute approximate surface area is 191 Å². The lowest BCUT2D eigenvalue weighted by Crippen LogP contribution is -2.31. The van der Waals surface area contributed by atoms with Gasteiger partial charge in [0.25, 0.3) is 11.4 Å². The third-order valence-electron chi connectivity index (χ3n) is 4.93. The van der Waals surface area contributed by atoms with Gasteiger partial charge in [0.05, 0.1) is 5.69 Å². The zero-order valence-corrected chi connectivity index (χ0v) is 18.3. The Bertz CT molecular complexity index is 1430. The van der Waals surface area contributed by atoms with Crippen molar-refractivity contribution in [3.8, 4) is 22.8 Å². The Morgan fingerprint density at radius 2 is 1.94 bits per heavy atom. The van der Waals surface area contributed by atoms with Gasteiger partial charge < -0.3 is 14.4 Å². The number of amides is 1. The van der Waals surface area contributed by atoms with Crippen LogP contribution in [0.1, 0.15) is 11.3 Å². The highest BCUT2D eigenvalue weighted by Gasteiger charge is 2.20. The zero-order valence-electron chi connectivity index (χ0n) is 17.5. The zero-order chi connectivity index (χ0) is 23.7. The van der Waals surface area contributed by atoms with E-state index >= 15 is 0 Å². The molecule has 10 heteroatoms. The number of carbonyl (C=O) groups is 1. The second-order valence-electron chi connectivity index (χ2n) is 7.34. The first-order valence-electron chi connectivity index (χ1n) is 9.79. The molecule has 4 rings (SSSR count). The number of pyridine rings is 1. The summed E-state index contributed by atoms with van der Waals surface area (Å²) < 4.78 is 33.5. The molecular weight excluding hydrogens is 454 g/mol. The van der Waals surface area contributed by atoms with Crippen LogP contribution in [-0.4, -0.2) is 20.6 Å². The maximum absolute atomic E-state index is 13.9. The normalized spacial score (nSPS) is 10.9. The quantitative estimate of drug-likeness (QED) is 0.454. The first kappa shape index (κ1) is 22.3. The molecule has 7 nitrogen and oxygen atoms in total. The lowest BCUT2D eigenvalue weighted by molar-refractivity contribution is -0.116. The van der Waals surface area contributed by atoms with E-state index < -0.39 is 29.6 Å². The van der Waals surface area contributed by atoms with E-state index in [1.807, 2.05) is 0 Å². The Kier molecular flexibility index (Phi) is 6.06. The van der Waals surface area contributed by atoms with Crippen molar-refractivity contribution in [1.82, 2.24) is 14.7 Å². The topological polar surface area (TPSA) is 90.0 Å². The van der Waals surface area contributed by atoms with Gasteiger partial charge in [0.1, 0.15) is 23.7 Å². The van der Waals surface area contributed by atoms with Crippen LogP contribution in [0.2, 0.25) is 5.02 Å². The monoisotopic (exact) mass is 470 g/mol. The largest absolute Gasteiger partial charge is 0.333 e. The molecule has 2 aromatic carbocycles. The highest BCUT2D eigenvalue weighted by atomic mass is 35.5. The predicted molar refractivity (Wildman–Crippen MR) is 119 cm³/mol. The minimum absolute atomic E-state index is 0.00814. The van der Waals surface area contributed by atoms with Crippen LogP contribution in [0.3, 0.4) is 0 Å². The molecule has 0 saturated carbocycles. The maximum Gasteiger partial charge on any atom is 0.264 e. The highest BCUT2D eigenvalue weighted by molar-refractivity contribution is 6.30. The predicted octanol–water partition coefficient (Wildman–Crippen LogP) is 4.75. The molecule has 168 valence electrons. The summed E-state index contributed by atoms with van der Waals surface area (Å²) in [5.41, 5.74) is 1.13. The van der Waals surface area contributed by atoms with Crippen LogP contribution in [0, 0.1) is 25.5 Å². The number of rotatable bonds is 5. The molecule has 1 N–H and O–H groups in total. The van der Waals surface area contributed by atoms with Crippen molar-refractivity contribution in [3.63, 3.8) is 0 Å². The van der Waals surface area contributed by atoms with Crippen molar-refractivity contribution in [3.05, 3.63) is 86.8 Å². The number of anilines is 1. The smallest absolute Gasteiger partial charge is 0.264 e. The summed E-state index contributed by atoms with van der Waals surface area (Å²) in [6.45, 7) is 2.98. The molecule has 33 heavy (non-hydrogen) atoms. The van der Waals surface area contributed by atoms with Gasteiger partial charge in [-0.1, -0.05) is 28.9 Å². The summed E-state index contributed by atoms with van der Waals surface area (Å²) in [4.78, 5) is 30.0. The first-order valence-corrected chi connectivity index (χ1v) is 10.2. The van der Waals surface area contributed by atoms with E-state index in [0.29, 0.717) is 27.9 Å². The third-order valence-corrected chi connectivity index (χ3v) is 5.17. The first-order chi connectivity index (χ1) is 15.7. The number of nitrogens with zero attached hydrogens (tertiary/aromatic N) is 3. The van der Waals surface area contributed by atoms with E-state index in [1.54, 1.807) is 44.2 Å². The van der Waals surface area contributed by atoms with Crippen LogP contribution in [-0.2, 0) is 11.3 Å². The Balaban J connectivity index is 1.65. The molecule has 4 aromatic rings. The van der Waals surface area contributed by atoms with Gasteiger partial charge >= 0.3 is 0 Å². The average molecular weight is 471 g/mol. The van der Waals surface area contributed by atoms with E-state index in [-0.39, 0.29) is 23.0 Å². The standard InChI is InChI=1S/C23H17ClF2N4O3/c1-12-8-13(2)30(11-19(31)27-18-7-6-16(25)10-17(18)26)23(32)20(12)22-28-21(29-33-22)14-4-3-5-15(24)9-14/h3-10H,11H2,1-2H3,(H,27,31). The van der Waals surface area contributed by atoms with Gasteiger partial charge in [0, 0.05) is 22.3 Å². The number of carbonyl (C=O) groups excluding carboxylic acids is 1. The molecule has 0 fully saturated rings. The summed E-state index contributed by atoms with van der Waals surface area (Å²) in [5, 5.41) is 6.76. The number of benzene rings is 2. The van der Waals surface area contributed by atoms with Crippen LogP contribution in [0.25, 0.3) is 22.8 Å². The van der Waals surface area contributed by atoms with Crippen LogP contribution >= 0.6 is 11.6 Å².